The minimum absolute atomic E-state index is 0.00470. The smallest absolute Gasteiger partial charge is 0.475 e. The monoisotopic (exact) mass is 1680 g/mol. The highest BCUT2D eigenvalue weighted by molar-refractivity contribution is 14.1. The number of fused-ring (bicyclic) bond motifs is 1. The second-order valence-electron chi connectivity index (χ2n) is 26.5. The number of aliphatic carboxylic acids is 3. The van der Waals surface area contributed by atoms with Crippen LogP contribution in [-0.4, -0.2) is 284 Å². The minimum atomic E-state index is -1.66. The van der Waals surface area contributed by atoms with Crippen LogP contribution in [-0.2, 0) is 84.6 Å². The van der Waals surface area contributed by atoms with Gasteiger partial charge in [0.15, 0.2) is 11.7 Å². The number of pyridine rings is 1. The maximum atomic E-state index is 13.8. The average Bonchev–Trinajstić information content (AvgIpc) is 1.71. The topological polar surface area (TPSA) is 470 Å². The number of unbranched alkanes of at least 4 members (excludes halogenated alkanes) is 2. The lowest BCUT2D eigenvalue weighted by molar-refractivity contribution is -0.193. The van der Waals surface area contributed by atoms with Gasteiger partial charge in [-0.1, -0.05) is 24.3 Å². The number of carboxylic acid groups (broad SMARTS) is 3. The quantitative estimate of drug-likeness (QED) is 0.0130. The van der Waals surface area contributed by atoms with E-state index in [0.717, 1.165) is 39.9 Å². The van der Waals surface area contributed by atoms with E-state index < -0.39 is 72.6 Å². The Bertz CT molecular complexity index is 3630. The summed E-state index contributed by atoms with van der Waals surface area (Å²) >= 11 is 7.88. The summed E-state index contributed by atoms with van der Waals surface area (Å²) in [6.45, 7) is 4.87. The number of carboxylic acids is 3. The summed E-state index contributed by atoms with van der Waals surface area (Å²) < 4.78 is 23.6. The Morgan fingerprint density at radius 2 is 1.30 bits per heavy atom. The summed E-state index contributed by atoms with van der Waals surface area (Å²) in [7, 11) is 2.42. The Labute approximate surface area is 664 Å². The summed E-state index contributed by atoms with van der Waals surface area (Å²) in [5.41, 5.74) is 3.64. The maximum Gasteiger partial charge on any atom is 0.475 e. The predicted octanol–water partition coefficient (Wildman–Crippen LogP) is 1.91. The number of benzene rings is 3. The lowest BCUT2D eigenvalue weighted by Crippen LogP contribution is -2.51. The number of aryl methyl sites for hydroxylation is 1. The molecule has 2 saturated heterocycles. The molecule has 0 radical (unpaired) electrons. The SMILES string of the molecule is CN1CCN(CC(=O)O)CCC(CC(=O)O)CC(Cc2ccc(NC(=S)NCCCC[C@H](NC(=O)CCOCCOCCOCCNC(=O)COc3ccc4c(C(=O)NCC(=O)N5CCC[C@H]5B(O)O)ccnc4c3)C(=O)N[C@@H](CCCCNC(=O)CCCc3ccc(I)cc3)C(=O)O)cc2)N(C)CC1.O=C=O.O=C=O. The fourth-order valence-corrected chi connectivity index (χ4v) is 12.9. The second kappa shape index (κ2) is 54.6. The van der Waals surface area contributed by atoms with Crippen LogP contribution in [0, 0.1) is 9.49 Å². The van der Waals surface area contributed by atoms with Crippen molar-refractivity contribution in [3.05, 3.63) is 99.3 Å². The molecule has 34 nitrogen and oxygen atoms in total. The highest BCUT2D eigenvalue weighted by Crippen LogP contribution is 2.26. The number of aromatic nitrogens is 1. The molecule has 4 aromatic rings. The number of rotatable bonds is 44. The number of likely N-dealkylation sites (N-methyl/N-ethyl adjacent to an activating group) is 2. The van der Waals surface area contributed by atoms with Crippen LogP contribution in [0.2, 0.25) is 0 Å². The molecule has 5 atom stereocenters. The van der Waals surface area contributed by atoms with Gasteiger partial charge in [0.25, 0.3) is 11.8 Å². The van der Waals surface area contributed by atoms with Gasteiger partial charge in [0.1, 0.15) is 17.8 Å². The van der Waals surface area contributed by atoms with Crippen LogP contribution in [0.5, 0.6) is 5.75 Å². The molecule has 6 amide bonds. The molecule has 0 saturated carbocycles. The number of likely N-dealkylation sites (tertiary alicyclic amines) is 1. The fourth-order valence-electron chi connectivity index (χ4n) is 12.3. The van der Waals surface area contributed by atoms with E-state index in [-0.39, 0.29) is 127 Å². The Morgan fingerprint density at radius 1 is 0.658 bits per heavy atom. The van der Waals surface area contributed by atoms with E-state index in [1.807, 2.05) is 60.5 Å². The fraction of sp³-hybridized carbons (Fsp3) is 0.554. The maximum absolute atomic E-state index is 13.8. The molecule has 2 unspecified atom stereocenters. The van der Waals surface area contributed by atoms with Crippen molar-refractivity contribution in [2.75, 3.05) is 138 Å². The zero-order valence-electron chi connectivity index (χ0n) is 62.7. The third kappa shape index (κ3) is 39.7. The van der Waals surface area contributed by atoms with Gasteiger partial charge in [0.05, 0.1) is 69.8 Å². The Kier molecular flexibility index (Phi) is 46.5. The molecule has 0 bridgehead atoms. The predicted molar refractivity (Wildman–Crippen MR) is 416 cm³/mol. The van der Waals surface area contributed by atoms with Gasteiger partial charge >= 0.3 is 37.3 Å². The third-order valence-corrected chi connectivity index (χ3v) is 19.2. The van der Waals surface area contributed by atoms with Crippen LogP contribution in [0.25, 0.3) is 10.9 Å². The van der Waals surface area contributed by atoms with Gasteiger partial charge in [0.2, 0.25) is 23.6 Å². The van der Waals surface area contributed by atoms with Crippen LogP contribution in [0.3, 0.4) is 0 Å². The van der Waals surface area contributed by atoms with Crippen molar-refractivity contribution in [2.45, 2.75) is 127 Å². The van der Waals surface area contributed by atoms with Gasteiger partial charge in [-0.15, -0.1) is 0 Å². The van der Waals surface area contributed by atoms with Crippen molar-refractivity contribution in [3.63, 3.8) is 0 Å². The first-order valence-electron chi connectivity index (χ1n) is 36.8. The van der Waals surface area contributed by atoms with Crippen molar-refractivity contribution in [1.29, 1.82) is 0 Å². The van der Waals surface area contributed by atoms with Gasteiger partial charge in [-0.2, -0.15) is 19.2 Å². The van der Waals surface area contributed by atoms with E-state index in [4.69, 9.17) is 50.3 Å². The molecule has 0 aliphatic carbocycles. The van der Waals surface area contributed by atoms with Gasteiger partial charge in [0, 0.05) is 105 Å². The molecule has 3 heterocycles. The van der Waals surface area contributed by atoms with Crippen LogP contribution < -0.4 is 42.0 Å². The van der Waals surface area contributed by atoms with Crippen molar-refractivity contribution in [3.8, 4) is 5.75 Å². The number of nitrogens with zero attached hydrogens (tertiary/aromatic N) is 5. The second-order valence-corrected chi connectivity index (χ2v) is 28.2. The normalized spacial score (nSPS) is 15.9. The molecule has 608 valence electrons. The molecule has 3 aromatic carbocycles. The Morgan fingerprint density at radius 3 is 1.96 bits per heavy atom. The first-order chi connectivity index (χ1) is 53.3. The van der Waals surface area contributed by atoms with E-state index in [0.29, 0.717) is 132 Å². The number of hydrogen-bond acceptors (Lipinski definition) is 24. The van der Waals surface area contributed by atoms with Gasteiger partial charge in [-0.25, -0.2) is 4.79 Å². The summed E-state index contributed by atoms with van der Waals surface area (Å²) in [4.78, 5) is 159. The van der Waals surface area contributed by atoms with Crippen LogP contribution in [0.4, 0.5) is 5.69 Å². The molecule has 0 spiro atoms. The highest BCUT2D eigenvalue weighted by atomic mass is 127. The zero-order valence-corrected chi connectivity index (χ0v) is 65.7. The van der Waals surface area contributed by atoms with E-state index >= 15 is 0 Å². The zero-order chi connectivity index (χ0) is 81.3. The number of carbonyl (C=O) groups is 9. The highest BCUT2D eigenvalue weighted by Gasteiger charge is 2.37. The van der Waals surface area contributed by atoms with Crippen molar-refractivity contribution < 1.29 is 107 Å². The first kappa shape index (κ1) is 94.4. The molecule has 2 aliphatic heterocycles. The van der Waals surface area contributed by atoms with Crippen molar-refractivity contribution in [1.82, 2.24) is 56.5 Å². The number of thiocarbonyl (C=S) groups is 1. The number of anilines is 1. The molecular formula is C74H104BIN12O22S. The third-order valence-electron chi connectivity index (χ3n) is 18.2. The van der Waals surface area contributed by atoms with Crippen LogP contribution in [0.15, 0.2) is 79.0 Å². The molecule has 2 aliphatic rings. The van der Waals surface area contributed by atoms with Crippen LogP contribution >= 0.6 is 34.8 Å². The Hall–Kier alpha value is -8.98. The molecule has 6 rings (SSSR count). The summed E-state index contributed by atoms with van der Waals surface area (Å²) in [5.74, 6) is -6.12. The number of hydrogen-bond donors (Lipinski definition) is 12. The van der Waals surface area contributed by atoms with E-state index in [1.54, 1.807) is 18.2 Å². The van der Waals surface area contributed by atoms with Crippen molar-refractivity contribution >= 4 is 129 Å². The average molecular weight is 1680 g/mol. The standard InChI is InChI=1S/C72H104BIN12O18S.2CO2/c1-83-33-35-84(2)55(44-52(45-67(91)92)25-32-85(36-34-83)48-68(93)94)43-51-16-20-54(21-17-51)80-72(105)78-28-6-3-10-59(70(96)82-60(71(97)98)11-4-5-27-76-63(87)13-7-9-50-14-18-53(74)19-15-50)81-64(88)26-37-101-39-41-103-42-40-102-38-30-77-65(89)49-104-56-22-23-57-58(24-29-75-61(57)46-56)69(95)79-47-66(90)86-31-8-12-62(86)73(99)100;2*2-1-3/h14-24,29,46,52,55,59-60,62,99-100H,3-13,25-28,30-45,47-49H2,1-2H3,(H,76,87)(H,77,89)(H,79,95)(H,81,88)(H,82,96)(H,91,92)(H,93,94)(H,97,98)(H2,78,80,105);;/t52?,55?,59-,60-,62-;;/m0../s1. The first-order valence-corrected chi connectivity index (χ1v) is 38.3. The van der Waals surface area contributed by atoms with Gasteiger partial charge < -0.3 is 96.2 Å². The summed E-state index contributed by atoms with van der Waals surface area (Å²) in [5, 5.41) is 69.6. The van der Waals surface area contributed by atoms with E-state index in [2.05, 4.69) is 81.6 Å². The molecule has 37 heteroatoms. The Balaban J connectivity index is 0.00000419. The number of amides is 6. The minimum Gasteiger partial charge on any atom is -0.484 e. The lowest BCUT2D eigenvalue weighted by atomic mass is 9.78. The number of nitrogens with one attached hydrogen (secondary N) is 7. The van der Waals surface area contributed by atoms with E-state index in [1.165, 1.54) is 17.2 Å². The van der Waals surface area contributed by atoms with E-state index in [9.17, 15) is 68.5 Å². The number of carbonyl (C=O) groups excluding carboxylic acids is 10. The lowest BCUT2D eigenvalue weighted by Gasteiger charge is -2.34. The summed E-state index contributed by atoms with van der Waals surface area (Å²) in [6.07, 6.45) is 8.76. The molecule has 2 fully saturated rings. The summed E-state index contributed by atoms with van der Waals surface area (Å²) in [6, 6.07) is 20.0. The van der Waals surface area contributed by atoms with Gasteiger partial charge in [-0.05, 0) is 198 Å². The van der Waals surface area contributed by atoms with Crippen LogP contribution in [0.1, 0.15) is 111 Å². The molecule has 1 aromatic heterocycles. The number of ether oxygens (including phenoxy) is 4. The number of halogens is 1. The molecule has 12 N–H and O–H groups in total. The molecule has 111 heavy (non-hydrogen) atoms. The largest absolute Gasteiger partial charge is 0.484 e. The van der Waals surface area contributed by atoms with Crippen molar-refractivity contribution in [2.24, 2.45) is 5.92 Å². The van der Waals surface area contributed by atoms with Gasteiger partial charge in [-0.3, -0.25) is 48.2 Å². The molecular weight excluding hydrogens is 1580 g/mol.